The van der Waals surface area contributed by atoms with E-state index in [4.69, 9.17) is 0 Å². The SMILES string of the molecule is CC1=C[C@@]23C(=O)C(O)=C(C)C(=O)C24[C@H](C1)C[C@H](C)[C@H]4CC[C@@H]3C. The van der Waals surface area contributed by atoms with Crippen LogP contribution in [0.25, 0.3) is 0 Å². The zero-order chi connectivity index (χ0) is 16.7. The highest BCUT2D eigenvalue weighted by molar-refractivity contribution is 6.17. The van der Waals surface area contributed by atoms with Crippen molar-refractivity contribution in [3.63, 3.8) is 0 Å². The Morgan fingerprint density at radius 2 is 1.83 bits per heavy atom. The van der Waals surface area contributed by atoms with Gasteiger partial charge in [0.1, 0.15) is 0 Å². The van der Waals surface area contributed by atoms with Crippen LogP contribution in [0.2, 0.25) is 0 Å². The Hall–Kier alpha value is -1.38. The van der Waals surface area contributed by atoms with E-state index in [1.165, 1.54) is 5.57 Å². The molecule has 6 atom stereocenters. The van der Waals surface area contributed by atoms with Gasteiger partial charge in [-0.2, -0.15) is 0 Å². The third-order valence-electron chi connectivity index (χ3n) is 7.65. The number of allylic oxidation sites excluding steroid dienone is 4. The largest absolute Gasteiger partial charge is 0.504 e. The van der Waals surface area contributed by atoms with Gasteiger partial charge in [0.25, 0.3) is 0 Å². The van der Waals surface area contributed by atoms with Gasteiger partial charge in [0, 0.05) is 5.57 Å². The Balaban J connectivity index is 2.12. The molecule has 0 heterocycles. The molecule has 4 aliphatic rings. The van der Waals surface area contributed by atoms with Gasteiger partial charge < -0.3 is 5.11 Å². The Bertz CT molecular complexity index is 685. The van der Waals surface area contributed by atoms with E-state index in [0.717, 1.165) is 25.7 Å². The van der Waals surface area contributed by atoms with Crippen LogP contribution in [0.15, 0.2) is 23.0 Å². The summed E-state index contributed by atoms with van der Waals surface area (Å²) in [5.74, 6) is 0.679. The summed E-state index contributed by atoms with van der Waals surface area (Å²) in [6, 6.07) is 0. The molecular formula is C20H26O3. The average Bonchev–Trinajstić information content (AvgIpc) is 2.79. The number of ketones is 2. The van der Waals surface area contributed by atoms with Gasteiger partial charge in [-0.1, -0.05) is 25.5 Å². The van der Waals surface area contributed by atoms with Crippen molar-refractivity contribution in [2.45, 2.75) is 53.4 Å². The number of carbonyl (C=O) groups excluding carboxylic acids is 2. The van der Waals surface area contributed by atoms with Gasteiger partial charge in [0.15, 0.2) is 11.5 Å². The molecular weight excluding hydrogens is 288 g/mol. The predicted molar refractivity (Wildman–Crippen MR) is 87.7 cm³/mol. The van der Waals surface area contributed by atoms with E-state index >= 15 is 0 Å². The molecule has 1 spiro atoms. The van der Waals surface area contributed by atoms with E-state index in [9.17, 15) is 14.7 Å². The first-order chi connectivity index (χ1) is 10.8. The molecule has 4 rings (SSSR count). The topological polar surface area (TPSA) is 54.4 Å². The first-order valence-corrected chi connectivity index (χ1v) is 8.96. The van der Waals surface area contributed by atoms with Gasteiger partial charge in [-0.3, -0.25) is 9.59 Å². The molecule has 1 unspecified atom stereocenters. The van der Waals surface area contributed by atoms with Crippen LogP contribution in [0, 0.1) is 34.5 Å². The Morgan fingerprint density at radius 3 is 2.52 bits per heavy atom. The van der Waals surface area contributed by atoms with Crippen molar-refractivity contribution >= 4 is 11.6 Å². The van der Waals surface area contributed by atoms with Gasteiger partial charge in [-0.05, 0) is 63.2 Å². The molecule has 0 aromatic rings. The van der Waals surface area contributed by atoms with Crippen LogP contribution in [0.3, 0.4) is 0 Å². The van der Waals surface area contributed by atoms with Crippen LogP contribution in [-0.4, -0.2) is 16.7 Å². The first-order valence-electron chi connectivity index (χ1n) is 8.96. The lowest BCUT2D eigenvalue weighted by molar-refractivity contribution is -0.168. The minimum atomic E-state index is -0.811. The minimum Gasteiger partial charge on any atom is -0.504 e. The number of rotatable bonds is 0. The number of aliphatic hydroxyl groups is 1. The normalized spacial score (nSPS) is 49.0. The molecule has 3 nitrogen and oxygen atoms in total. The number of hydrogen-bond donors (Lipinski definition) is 1. The first kappa shape index (κ1) is 15.2. The second kappa shape index (κ2) is 4.37. The summed E-state index contributed by atoms with van der Waals surface area (Å²) in [6.45, 7) is 8.08. The monoisotopic (exact) mass is 314 g/mol. The number of aliphatic hydroxyl groups excluding tert-OH is 1. The molecule has 0 amide bonds. The van der Waals surface area contributed by atoms with Crippen LogP contribution in [0.5, 0.6) is 0 Å². The lowest BCUT2D eigenvalue weighted by Gasteiger charge is -2.61. The molecule has 0 aromatic carbocycles. The van der Waals surface area contributed by atoms with Gasteiger partial charge >= 0.3 is 0 Å². The Kier molecular flexibility index (Phi) is 2.88. The number of Topliss-reactive ketones (excluding diaryl/α,β-unsaturated/α-hetero) is 2. The summed E-state index contributed by atoms with van der Waals surface area (Å²) in [5, 5.41) is 10.4. The van der Waals surface area contributed by atoms with Crippen molar-refractivity contribution in [1.29, 1.82) is 0 Å². The quantitative estimate of drug-likeness (QED) is 0.688. The lowest BCUT2D eigenvalue weighted by Crippen LogP contribution is -2.66. The maximum absolute atomic E-state index is 13.5. The fraction of sp³-hybridized carbons (Fsp3) is 0.700. The van der Waals surface area contributed by atoms with Crippen LogP contribution < -0.4 is 0 Å². The summed E-state index contributed by atoms with van der Waals surface area (Å²) in [4.78, 5) is 26.9. The molecule has 0 aliphatic heterocycles. The second-order valence-corrected chi connectivity index (χ2v) is 8.56. The summed E-state index contributed by atoms with van der Waals surface area (Å²) < 4.78 is 0. The van der Waals surface area contributed by atoms with Crippen LogP contribution in [-0.2, 0) is 9.59 Å². The number of hydrogen-bond acceptors (Lipinski definition) is 3. The van der Waals surface area contributed by atoms with E-state index in [-0.39, 0.29) is 35.1 Å². The Labute approximate surface area is 137 Å². The van der Waals surface area contributed by atoms with Gasteiger partial charge in [0.2, 0.25) is 5.78 Å². The van der Waals surface area contributed by atoms with Crippen molar-refractivity contribution in [2.24, 2.45) is 34.5 Å². The van der Waals surface area contributed by atoms with E-state index in [2.05, 4.69) is 26.8 Å². The van der Waals surface area contributed by atoms with Crippen molar-refractivity contribution in [1.82, 2.24) is 0 Å². The molecule has 0 aromatic heterocycles. The zero-order valence-corrected chi connectivity index (χ0v) is 14.5. The molecule has 23 heavy (non-hydrogen) atoms. The van der Waals surface area contributed by atoms with Crippen LogP contribution >= 0.6 is 0 Å². The molecule has 1 N–H and O–H groups in total. The fourth-order valence-corrected chi connectivity index (χ4v) is 6.92. The molecule has 2 saturated carbocycles. The third-order valence-corrected chi connectivity index (χ3v) is 7.65. The summed E-state index contributed by atoms with van der Waals surface area (Å²) in [5.41, 5.74) is 0.100. The molecule has 0 bridgehead atoms. The number of carbonyl (C=O) groups is 2. The van der Waals surface area contributed by atoms with Crippen molar-refractivity contribution < 1.29 is 14.7 Å². The maximum atomic E-state index is 13.5. The molecule has 2 fully saturated rings. The molecule has 124 valence electrons. The second-order valence-electron chi connectivity index (χ2n) is 8.56. The molecule has 3 heteroatoms. The van der Waals surface area contributed by atoms with Gasteiger partial charge in [0.05, 0.1) is 10.8 Å². The third kappa shape index (κ3) is 1.39. The van der Waals surface area contributed by atoms with Crippen LogP contribution in [0.4, 0.5) is 0 Å². The van der Waals surface area contributed by atoms with Crippen molar-refractivity contribution in [3.8, 4) is 0 Å². The highest BCUT2D eigenvalue weighted by Gasteiger charge is 2.75. The molecule has 4 aliphatic carbocycles. The summed E-state index contributed by atoms with van der Waals surface area (Å²) >= 11 is 0. The zero-order valence-electron chi connectivity index (χ0n) is 14.5. The van der Waals surface area contributed by atoms with E-state index in [0.29, 0.717) is 11.5 Å². The Morgan fingerprint density at radius 1 is 1.13 bits per heavy atom. The summed E-state index contributed by atoms with van der Waals surface area (Å²) in [6.07, 6.45) is 6.01. The standard InChI is InChI=1S/C20H26O3/c1-10-7-14-8-11(2)15-6-5-12(3)19(9-10)18(23)16(21)13(4)17(22)20(14,15)19/h9,11-12,14-15,21H,5-8H2,1-4H3/t11-,12-,14+,15+,19+,20?/m0/s1. The van der Waals surface area contributed by atoms with E-state index < -0.39 is 10.8 Å². The highest BCUT2D eigenvalue weighted by atomic mass is 16.3. The van der Waals surface area contributed by atoms with Crippen molar-refractivity contribution in [3.05, 3.63) is 23.0 Å². The fourth-order valence-electron chi connectivity index (χ4n) is 6.92. The van der Waals surface area contributed by atoms with Crippen molar-refractivity contribution in [2.75, 3.05) is 0 Å². The molecule has 0 saturated heterocycles. The molecule has 0 radical (unpaired) electrons. The van der Waals surface area contributed by atoms with E-state index in [1.54, 1.807) is 6.92 Å². The predicted octanol–water partition coefficient (Wildman–Crippen LogP) is 4.00. The van der Waals surface area contributed by atoms with E-state index in [1.807, 2.05) is 0 Å². The lowest BCUT2D eigenvalue weighted by atomic mass is 9.39. The summed E-state index contributed by atoms with van der Waals surface area (Å²) in [7, 11) is 0. The maximum Gasteiger partial charge on any atom is 0.208 e. The smallest absolute Gasteiger partial charge is 0.208 e. The van der Waals surface area contributed by atoms with Crippen LogP contribution in [0.1, 0.15) is 53.4 Å². The highest BCUT2D eigenvalue weighted by Crippen LogP contribution is 2.73. The van der Waals surface area contributed by atoms with Gasteiger partial charge in [-0.15, -0.1) is 0 Å². The van der Waals surface area contributed by atoms with Gasteiger partial charge in [-0.25, -0.2) is 0 Å². The minimum absolute atomic E-state index is 0.0595. The average molecular weight is 314 g/mol.